The van der Waals surface area contributed by atoms with Crippen LogP contribution < -0.4 is 16.2 Å². The largest absolute Gasteiger partial charge is 0.491 e. The number of benzene rings is 1. The minimum atomic E-state index is -0.483. The van der Waals surface area contributed by atoms with Crippen molar-refractivity contribution in [3.8, 4) is 5.75 Å². The van der Waals surface area contributed by atoms with Gasteiger partial charge in [0.15, 0.2) is 0 Å². The van der Waals surface area contributed by atoms with Gasteiger partial charge in [-0.3, -0.25) is 4.79 Å². The number of nitrogen functional groups attached to an aromatic ring is 1. The molecule has 1 aromatic carbocycles. The fraction of sp³-hybridized carbons (Fsp3) is 0.462. The van der Waals surface area contributed by atoms with Crippen molar-refractivity contribution in [2.45, 2.75) is 26.7 Å². The van der Waals surface area contributed by atoms with Crippen LogP contribution in [0.2, 0.25) is 0 Å². The SMILES string of the molecule is CC(C)CCCOc1ccc(C(N)=O)cc1N. The molecule has 94 valence electrons. The summed E-state index contributed by atoms with van der Waals surface area (Å²) in [6.45, 7) is 4.99. The Hall–Kier alpha value is -1.71. The lowest BCUT2D eigenvalue weighted by Gasteiger charge is -2.10. The fourth-order valence-electron chi connectivity index (χ4n) is 1.51. The van der Waals surface area contributed by atoms with Crippen molar-refractivity contribution >= 4 is 11.6 Å². The predicted molar refractivity (Wildman–Crippen MR) is 68.9 cm³/mol. The van der Waals surface area contributed by atoms with Crippen LogP contribution in [0.15, 0.2) is 18.2 Å². The summed E-state index contributed by atoms with van der Waals surface area (Å²) < 4.78 is 5.54. The van der Waals surface area contributed by atoms with Crippen LogP contribution in [0.1, 0.15) is 37.0 Å². The van der Waals surface area contributed by atoms with Gasteiger partial charge in [0.25, 0.3) is 0 Å². The van der Waals surface area contributed by atoms with E-state index in [1.165, 1.54) is 0 Å². The lowest BCUT2D eigenvalue weighted by molar-refractivity contribution is 0.100. The standard InChI is InChI=1S/C13H20N2O2/c1-9(2)4-3-7-17-12-6-5-10(13(15)16)8-11(12)14/h5-6,8-9H,3-4,7,14H2,1-2H3,(H2,15,16). The van der Waals surface area contributed by atoms with E-state index in [2.05, 4.69) is 13.8 Å². The van der Waals surface area contributed by atoms with Crippen LogP contribution in [-0.2, 0) is 0 Å². The van der Waals surface area contributed by atoms with E-state index in [0.29, 0.717) is 29.5 Å². The van der Waals surface area contributed by atoms with Gasteiger partial charge in [0.05, 0.1) is 12.3 Å². The van der Waals surface area contributed by atoms with Crippen LogP contribution in [0.5, 0.6) is 5.75 Å². The Balaban J connectivity index is 2.52. The molecule has 0 spiro atoms. The number of carbonyl (C=O) groups excluding carboxylic acids is 1. The van der Waals surface area contributed by atoms with Crippen molar-refractivity contribution in [1.29, 1.82) is 0 Å². The van der Waals surface area contributed by atoms with Crippen LogP contribution in [0.4, 0.5) is 5.69 Å². The van der Waals surface area contributed by atoms with Crippen molar-refractivity contribution in [3.63, 3.8) is 0 Å². The molecule has 0 bridgehead atoms. The van der Waals surface area contributed by atoms with Crippen LogP contribution in [0, 0.1) is 5.92 Å². The van der Waals surface area contributed by atoms with E-state index in [9.17, 15) is 4.79 Å². The van der Waals surface area contributed by atoms with Crippen LogP contribution in [0.3, 0.4) is 0 Å². The average molecular weight is 236 g/mol. The van der Waals surface area contributed by atoms with Gasteiger partial charge >= 0.3 is 0 Å². The van der Waals surface area contributed by atoms with Crippen molar-refractivity contribution in [2.75, 3.05) is 12.3 Å². The molecule has 0 saturated heterocycles. The van der Waals surface area contributed by atoms with E-state index in [1.807, 2.05) is 0 Å². The minimum Gasteiger partial charge on any atom is -0.491 e. The number of amides is 1. The summed E-state index contributed by atoms with van der Waals surface area (Å²) in [6.07, 6.45) is 2.12. The number of primary amides is 1. The third-order valence-electron chi connectivity index (χ3n) is 2.48. The molecular formula is C13H20N2O2. The molecule has 0 unspecified atom stereocenters. The molecule has 4 heteroatoms. The van der Waals surface area contributed by atoms with Crippen LogP contribution >= 0.6 is 0 Å². The molecule has 0 aliphatic rings. The maximum Gasteiger partial charge on any atom is 0.248 e. The monoisotopic (exact) mass is 236 g/mol. The lowest BCUT2D eigenvalue weighted by atomic mass is 10.1. The maximum absolute atomic E-state index is 10.9. The number of anilines is 1. The first-order valence-corrected chi connectivity index (χ1v) is 5.83. The van der Waals surface area contributed by atoms with Gasteiger partial charge in [-0.05, 0) is 37.0 Å². The molecule has 0 radical (unpaired) electrons. The smallest absolute Gasteiger partial charge is 0.248 e. The maximum atomic E-state index is 10.9. The van der Waals surface area contributed by atoms with E-state index < -0.39 is 5.91 Å². The highest BCUT2D eigenvalue weighted by atomic mass is 16.5. The number of hydrogen-bond acceptors (Lipinski definition) is 3. The van der Waals surface area contributed by atoms with Crippen molar-refractivity contribution in [3.05, 3.63) is 23.8 Å². The Kier molecular flexibility index (Phi) is 4.82. The fourth-order valence-corrected chi connectivity index (χ4v) is 1.51. The lowest BCUT2D eigenvalue weighted by Crippen LogP contribution is -2.11. The predicted octanol–water partition coefficient (Wildman–Crippen LogP) is 2.18. The van der Waals surface area contributed by atoms with Gasteiger partial charge < -0.3 is 16.2 Å². The second-order valence-electron chi connectivity index (χ2n) is 4.50. The highest BCUT2D eigenvalue weighted by molar-refractivity contribution is 5.94. The zero-order valence-electron chi connectivity index (χ0n) is 10.4. The molecule has 4 N–H and O–H groups in total. The normalized spacial score (nSPS) is 10.5. The first-order chi connectivity index (χ1) is 8.00. The molecule has 17 heavy (non-hydrogen) atoms. The summed E-state index contributed by atoms with van der Waals surface area (Å²) in [5.41, 5.74) is 11.8. The van der Waals surface area contributed by atoms with Gasteiger partial charge in [0.1, 0.15) is 5.75 Å². The van der Waals surface area contributed by atoms with Gasteiger partial charge in [0, 0.05) is 5.56 Å². The second-order valence-corrected chi connectivity index (χ2v) is 4.50. The van der Waals surface area contributed by atoms with Gasteiger partial charge in [-0.25, -0.2) is 0 Å². The summed E-state index contributed by atoms with van der Waals surface area (Å²) >= 11 is 0. The molecule has 4 nitrogen and oxygen atoms in total. The molecule has 0 heterocycles. The molecule has 0 aliphatic carbocycles. The zero-order chi connectivity index (χ0) is 12.8. The molecule has 0 aromatic heterocycles. The second kappa shape index (κ2) is 6.13. The van der Waals surface area contributed by atoms with E-state index in [-0.39, 0.29) is 0 Å². The molecule has 1 aromatic rings. The van der Waals surface area contributed by atoms with Gasteiger partial charge in [-0.15, -0.1) is 0 Å². The number of hydrogen-bond donors (Lipinski definition) is 2. The first kappa shape index (κ1) is 13.4. The zero-order valence-corrected chi connectivity index (χ0v) is 10.4. The Labute approximate surface area is 102 Å². The highest BCUT2D eigenvalue weighted by Gasteiger charge is 2.05. The summed E-state index contributed by atoms with van der Waals surface area (Å²) in [6, 6.07) is 4.85. The first-order valence-electron chi connectivity index (χ1n) is 5.83. The quantitative estimate of drug-likeness (QED) is 0.587. The molecular weight excluding hydrogens is 216 g/mol. The van der Waals surface area contributed by atoms with E-state index in [4.69, 9.17) is 16.2 Å². The summed E-state index contributed by atoms with van der Waals surface area (Å²) in [7, 11) is 0. The van der Waals surface area contributed by atoms with Gasteiger partial charge in [-0.2, -0.15) is 0 Å². The van der Waals surface area contributed by atoms with E-state index in [0.717, 1.165) is 12.8 Å². The Morgan fingerprint density at radius 2 is 2.12 bits per heavy atom. The van der Waals surface area contributed by atoms with E-state index >= 15 is 0 Å². The molecule has 0 aliphatic heterocycles. The number of ether oxygens (including phenoxy) is 1. The molecule has 1 amide bonds. The summed E-state index contributed by atoms with van der Waals surface area (Å²) in [5, 5.41) is 0. The van der Waals surface area contributed by atoms with E-state index in [1.54, 1.807) is 18.2 Å². The Morgan fingerprint density at radius 3 is 2.65 bits per heavy atom. The van der Waals surface area contributed by atoms with Gasteiger partial charge in [0.2, 0.25) is 5.91 Å². The third kappa shape index (κ3) is 4.34. The molecule has 0 atom stereocenters. The summed E-state index contributed by atoms with van der Waals surface area (Å²) in [5.74, 6) is 0.801. The Morgan fingerprint density at radius 1 is 1.41 bits per heavy atom. The number of carbonyl (C=O) groups is 1. The van der Waals surface area contributed by atoms with Crippen molar-refractivity contribution < 1.29 is 9.53 Å². The van der Waals surface area contributed by atoms with Crippen LogP contribution in [-0.4, -0.2) is 12.5 Å². The Bertz CT molecular complexity index is 389. The highest BCUT2D eigenvalue weighted by Crippen LogP contribution is 2.22. The molecule has 0 fully saturated rings. The van der Waals surface area contributed by atoms with Crippen molar-refractivity contribution in [1.82, 2.24) is 0 Å². The number of rotatable bonds is 6. The average Bonchev–Trinajstić information content (AvgIpc) is 2.25. The minimum absolute atomic E-state index is 0.400. The van der Waals surface area contributed by atoms with Gasteiger partial charge in [-0.1, -0.05) is 13.8 Å². The van der Waals surface area contributed by atoms with Crippen molar-refractivity contribution in [2.24, 2.45) is 11.7 Å². The third-order valence-corrected chi connectivity index (χ3v) is 2.48. The summed E-state index contributed by atoms with van der Waals surface area (Å²) in [4.78, 5) is 10.9. The van der Waals surface area contributed by atoms with Crippen LogP contribution in [0.25, 0.3) is 0 Å². The molecule has 0 saturated carbocycles. The number of nitrogens with two attached hydrogens (primary N) is 2. The molecule has 1 rings (SSSR count). The topological polar surface area (TPSA) is 78.3 Å².